The average Bonchev–Trinajstić information content (AvgIpc) is 3.33. The van der Waals surface area contributed by atoms with Crippen LogP contribution < -0.4 is 5.32 Å². The van der Waals surface area contributed by atoms with Crippen LogP contribution in [0, 0.1) is 13.8 Å². The number of aromatic nitrogens is 5. The van der Waals surface area contributed by atoms with Crippen LogP contribution in [0.2, 0.25) is 5.02 Å². The molecule has 3 heterocycles. The van der Waals surface area contributed by atoms with E-state index in [0.29, 0.717) is 45.9 Å². The molecule has 0 spiro atoms. The number of halogens is 1. The summed E-state index contributed by atoms with van der Waals surface area (Å²) in [6, 6.07) is 11.0. The smallest absolute Gasteiger partial charge is 0.259 e. The lowest BCUT2D eigenvalue weighted by atomic mass is 10.2. The Morgan fingerprint density at radius 1 is 1.17 bits per heavy atom. The zero-order chi connectivity index (χ0) is 20.4. The molecule has 0 unspecified atom stereocenters. The van der Waals surface area contributed by atoms with Crippen LogP contribution in [-0.2, 0) is 6.54 Å². The summed E-state index contributed by atoms with van der Waals surface area (Å²) in [6.45, 7) is 3.90. The summed E-state index contributed by atoms with van der Waals surface area (Å²) < 4.78 is 6.75. The Kier molecular flexibility index (Phi) is 5.09. The number of benzene rings is 1. The molecule has 8 nitrogen and oxygen atoms in total. The molecule has 0 aliphatic rings. The summed E-state index contributed by atoms with van der Waals surface area (Å²) in [6.07, 6.45) is 3.15. The van der Waals surface area contributed by atoms with Crippen molar-refractivity contribution in [3.05, 3.63) is 76.5 Å². The van der Waals surface area contributed by atoms with Crippen LogP contribution >= 0.6 is 11.6 Å². The molecule has 29 heavy (non-hydrogen) atoms. The van der Waals surface area contributed by atoms with E-state index in [0.717, 1.165) is 5.56 Å². The van der Waals surface area contributed by atoms with E-state index < -0.39 is 0 Å². The molecule has 0 fully saturated rings. The highest BCUT2D eigenvalue weighted by atomic mass is 35.5. The highest BCUT2D eigenvalue weighted by Crippen LogP contribution is 2.19. The van der Waals surface area contributed by atoms with Gasteiger partial charge in [-0.1, -0.05) is 35.0 Å². The third-order valence-electron chi connectivity index (χ3n) is 4.39. The summed E-state index contributed by atoms with van der Waals surface area (Å²) in [5.74, 6) is 1.30. The maximum absolute atomic E-state index is 12.6. The minimum atomic E-state index is -0.230. The molecule has 0 bridgehead atoms. The number of hydrogen-bond acceptors (Lipinski definition) is 6. The molecule has 0 saturated heterocycles. The highest BCUT2D eigenvalue weighted by Gasteiger charge is 2.16. The molecular weight excluding hydrogens is 392 g/mol. The van der Waals surface area contributed by atoms with Crippen molar-refractivity contribution in [1.29, 1.82) is 0 Å². The van der Waals surface area contributed by atoms with Crippen LogP contribution in [0.15, 0.2) is 53.3 Å². The normalized spacial score (nSPS) is 10.9. The maximum Gasteiger partial charge on any atom is 0.259 e. The lowest BCUT2D eigenvalue weighted by Crippen LogP contribution is -2.23. The fourth-order valence-electron chi connectivity index (χ4n) is 2.83. The number of carbonyl (C=O) groups is 1. The molecule has 0 aliphatic heterocycles. The molecule has 0 atom stereocenters. The number of rotatable bonds is 5. The van der Waals surface area contributed by atoms with Gasteiger partial charge in [0.15, 0.2) is 11.6 Å². The van der Waals surface area contributed by atoms with Gasteiger partial charge < -0.3 is 9.84 Å². The Bertz CT molecular complexity index is 1170. The first-order valence-electron chi connectivity index (χ1n) is 8.86. The van der Waals surface area contributed by atoms with E-state index >= 15 is 0 Å². The van der Waals surface area contributed by atoms with Gasteiger partial charge in [-0.25, -0.2) is 9.67 Å². The molecule has 4 aromatic rings. The minimum absolute atomic E-state index is 0.230. The summed E-state index contributed by atoms with van der Waals surface area (Å²) in [5, 5.41) is 11.6. The van der Waals surface area contributed by atoms with Crippen molar-refractivity contribution in [3.8, 4) is 17.3 Å². The zero-order valence-corrected chi connectivity index (χ0v) is 16.5. The number of carbonyl (C=O) groups excluding carboxylic acids is 1. The molecule has 1 amide bonds. The number of nitrogens with zero attached hydrogens (tertiary/aromatic N) is 5. The lowest BCUT2D eigenvalue weighted by molar-refractivity contribution is 0.0950. The third-order valence-corrected chi connectivity index (χ3v) is 4.76. The van der Waals surface area contributed by atoms with Gasteiger partial charge in [-0.2, -0.15) is 10.1 Å². The van der Waals surface area contributed by atoms with E-state index in [1.165, 1.54) is 6.20 Å². The predicted octanol–water partition coefficient (Wildman–Crippen LogP) is 3.52. The van der Waals surface area contributed by atoms with E-state index in [-0.39, 0.29) is 5.91 Å². The van der Waals surface area contributed by atoms with Crippen LogP contribution in [0.25, 0.3) is 17.3 Å². The molecule has 1 aromatic carbocycles. The van der Waals surface area contributed by atoms with Gasteiger partial charge in [-0.3, -0.25) is 4.79 Å². The van der Waals surface area contributed by atoms with Crippen molar-refractivity contribution in [2.24, 2.45) is 0 Å². The van der Waals surface area contributed by atoms with Gasteiger partial charge in [0.2, 0.25) is 0 Å². The van der Waals surface area contributed by atoms with Crippen LogP contribution in [0.1, 0.15) is 27.4 Å². The van der Waals surface area contributed by atoms with Gasteiger partial charge in [0.05, 0.1) is 23.0 Å². The second-order valence-electron chi connectivity index (χ2n) is 6.38. The molecule has 0 aliphatic carbocycles. The molecule has 1 N–H and O–H groups in total. The van der Waals surface area contributed by atoms with Crippen LogP contribution in [0.4, 0.5) is 0 Å². The Morgan fingerprint density at radius 2 is 2.00 bits per heavy atom. The molecule has 4 rings (SSSR count). The van der Waals surface area contributed by atoms with E-state index in [1.807, 2.05) is 31.2 Å². The Labute approximate surface area is 171 Å². The van der Waals surface area contributed by atoms with Crippen molar-refractivity contribution >= 4 is 17.5 Å². The van der Waals surface area contributed by atoms with Crippen molar-refractivity contribution in [3.63, 3.8) is 0 Å². The van der Waals surface area contributed by atoms with Crippen LogP contribution in [0.3, 0.4) is 0 Å². The van der Waals surface area contributed by atoms with Crippen LogP contribution in [0.5, 0.6) is 0 Å². The first kappa shape index (κ1) is 18.8. The standard InChI is InChI=1S/C20H17ClN6O2/c1-12-16(19(28)23-9-14-5-3-4-6-17(14)21)11-24-27(12)18-8-7-15(10-22-18)20-25-13(2)26-29-20/h3-8,10-11H,9H2,1-2H3,(H,23,28). The molecule has 0 radical (unpaired) electrons. The topological polar surface area (TPSA) is 98.7 Å². The lowest BCUT2D eigenvalue weighted by Gasteiger charge is -2.07. The highest BCUT2D eigenvalue weighted by molar-refractivity contribution is 6.31. The second-order valence-corrected chi connectivity index (χ2v) is 6.79. The van der Waals surface area contributed by atoms with Crippen molar-refractivity contribution < 1.29 is 9.32 Å². The quantitative estimate of drug-likeness (QED) is 0.542. The van der Waals surface area contributed by atoms with Gasteiger partial charge in [-0.05, 0) is 37.6 Å². The molecule has 146 valence electrons. The fourth-order valence-corrected chi connectivity index (χ4v) is 3.03. The number of pyridine rings is 1. The molecular formula is C20H17ClN6O2. The first-order chi connectivity index (χ1) is 14.0. The predicted molar refractivity (Wildman–Crippen MR) is 107 cm³/mol. The summed E-state index contributed by atoms with van der Waals surface area (Å²) in [5.41, 5.74) is 2.70. The van der Waals surface area contributed by atoms with E-state index in [2.05, 4.69) is 25.5 Å². The van der Waals surface area contributed by atoms with Gasteiger partial charge >= 0.3 is 0 Å². The van der Waals surface area contributed by atoms with Crippen molar-refractivity contribution in [1.82, 2.24) is 30.2 Å². The van der Waals surface area contributed by atoms with Gasteiger partial charge in [0.25, 0.3) is 11.8 Å². The Morgan fingerprint density at radius 3 is 2.69 bits per heavy atom. The molecule has 0 saturated carbocycles. The summed E-state index contributed by atoms with van der Waals surface area (Å²) in [7, 11) is 0. The SMILES string of the molecule is Cc1noc(-c2ccc(-n3ncc(C(=O)NCc4ccccc4Cl)c3C)nc2)n1. The average molecular weight is 409 g/mol. The van der Waals surface area contributed by atoms with Crippen molar-refractivity contribution in [2.75, 3.05) is 0 Å². The number of aryl methyl sites for hydroxylation is 1. The Hall–Kier alpha value is -3.52. The number of hydrogen-bond donors (Lipinski definition) is 1. The first-order valence-corrected chi connectivity index (χ1v) is 9.24. The summed E-state index contributed by atoms with van der Waals surface area (Å²) in [4.78, 5) is 21.2. The third kappa shape index (κ3) is 3.88. The minimum Gasteiger partial charge on any atom is -0.348 e. The fraction of sp³-hybridized carbons (Fsp3) is 0.150. The van der Waals surface area contributed by atoms with E-state index in [1.54, 1.807) is 29.9 Å². The van der Waals surface area contributed by atoms with E-state index in [9.17, 15) is 4.79 Å². The maximum atomic E-state index is 12.6. The molecule has 3 aromatic heterocycles. The van der Waals surface area contributed by atoms with Gasteiger partial charge in [-0.15, -0.1) is 0 Å². The van der Waals surface area contributed by atoms with E-state index in [4.69, 9.17) is 16.1 Å². The largest absolute Gasteiger partial charge is 0.348 e. The Balaban J connectivity index is 1.50. The number of nitrogens with one attached hydrogen (secondary N) is 1. The second kappa shape index (κ2) is 7.84. The zero-order valence-electron chi connectivity index (χ0n) is 15.8. The van der Waals surface area contributed by atoms with Gasteiger partial charge in [0.1, 0.15) is 0 Å². The van der Waals surface area contributed by atoms with Crippen LogP contribution in [-0.4, -0.2) is 30.8 Å². The monoisotopic (exact) mass is 408 g/mol. The van der Waals surface area contributed by atoms with Gasteiger partial charge in [0, 0.05) is 17.8 Å². The number of amides is 1. The summed E-state index contributed by atoms with van der Waals surface area (Å²) >= 11 is 6.14. The molecule has 9 heteroatoms. The van der Waals surface area contributed by atoms with Crippen molar-refractivity contribution in [2.45, 2.75) is 20.4 Å².